The summed E-state index contributed by atoms with van der Waals surface area (Å²) in [4.78, 5) is 22.8. The summed E-state index contributed by atoms with van der Waals surface area (Å²) in [5, 5.41) is 3.20. The second-order valence-corrected chi connectivity index (χ2v) is 4.01. The number of anilines is 1. The summed E-state index contributed by atoms with van der Waals surface area (Å²) in [6.07, 6.45) is 1.95. The van der Waals surface area contributed by atoms with Crippen LogP contribution in [-0.4, -0.2) is 18.0 Å². The van der Waals surface area contributed by atoms with Crippen molar-refractivity contribution in [2.45, 2.75) is 20.0 Å². The third-order valence-corrected chi connectivity index (χ3v) is 2.33. The molecule has 1 rings (SSSR count). The highest BCUT2D eigenvalue weighted by Crippen LogP contribution is 2.13. The van der Waals surface area contributed by atoms with Crippen LogP contribution in [-0.2, 0) is 14.3 Å². The summed E-state index contributed by atoms with van der Waals surface area (Å²) in [5.41, 5.74) is 0.596. The SMILES string of the molecule is C/C=C/C(=O)O[C@@H](C)C(=O)Nc1ccc(Cl)cc1. The number of carbonyl (C=O) groups excluding carboxylic acids is 2. The Kier molecular flexibility index (Phi) is 5.39. The Hall–Kier alpha value is -1.81. The molecule has 0 aliphatic rings. The Bertz CT molecular complexity index is 454. The van der Waals surface area contributed by atoms with Gasteiger partial charge in [-0.05, 0) is 38.1 Å². The van der Waals surface area contributed by atoms with Gasteiger partial charge >= 0.3 is 5.97 Å². The molecule has 0 saturated heterocycles. The number of hydrogen-bond donors (Lipinski definition) is 1. The second-order valence-electron chi connectivity index (χ2n) is 3.58. The van der Waals surface area contributed by atoms with Crippen molar-refractivity contribution in [1.82, 2.24) is 0 Å². The van der Waals surface area contributed by atoms with Crippen molar-refractivity contribution in [2.24, 2.45) is 0 Å². The average Bonchev–Trinajstić information content (AvgIpc) is 2.32. The maximum Gasteiger partial charge on any atom is 0.331 e. The van der Waals surface area contributed by atoms with Crippen LogP contribution in [0.5, 0.6) is 0 Å². The number of halogens is 1. The first-order valence-electron chi connectivity index (χ1n) is 5.42. The van der Waals surface area contributed by atoms with Crippen molar-refractivity contribution >= 4 is 29.2 Å². The molecule has 0 fully saturated rings. The number of carbonyl (C=O) groups is 2. The topological polar surface area (TPSA) is 55.4 Å². The van der Waals surface area contributed by atoms with Crippen LogP contribution in [0.4, 0.5) is 5.69 Å². The molecule has 0 aliphatic carbocycles. The molecule has 96 valence electrons. The lowest BCUT2D eigenvalue weighted by Crippen LogP contribution is -2.29. The summed E-state index contributed by atoms with van der Waals surface area (Å²) in [6, 6.07) is 6.66. The number of rotatable bonds is 4. The first-order chi connectivity index (χ1) is 8.52. The predicted octanol–water partition coefficient (Wildman–Crippen LogP) is 2.79. The number of allylic oxidation sites excluding steroid dienone is 1. The molecule has 0 aliphatic heterocycles. The van der Waals surface area contributed by atoms with Crippen LogP contribution in [0, 0.1) is 0 Å². The minimum Gasteiger partial charge on any atom is -0.449 e. The Morgan fingerprint density at radius 3 is 2.50 bits per heavy atom. The van der Waals surface area contributed by atoms with Crippen molar-refractivity contribution in [1.29, 1.82) is 0 Å². The van der Waals surface area contributed by atoms with E-state index in [-0.39, 0.29) is 0 Å². The van der Waals surface area contributed by atoms with Crippen LogP contribution in [0.15, 0.2) is 36.4 Å². The maximum atomic E-state index is 11.7. The Morgan fingerprint density at radius 1 is 1.33 bits per heavy atom. The van der Waals surface area contributed by atoms with Crippen molar-refractivity contribution in [3.63, 3.8) is 0 Å². The molecule has 18 heavy (non-hydrogen) atoms. The zero-order valence-corrected chi connectivity index (χ0v) is 10.9. The van der Waals surface area contributed by atoms with Crippen LogP contribution in [0.2, 0.25) is 5.02 Å². The van der Waals surface area contributed by atoms with Gasteiger partial charge in [-0.3, -0.25) is 4.79 Å². The van der Waals surface area contributed by atoms with E-state index in [1.807, 2.05) is 0 Å². The number of ether oxygens (including phenoxy) is 1. The zero-order valence-electron chi connectivity index (χ0n) is 10.1. The summed E-state index contributed by atoms with van der Waals surface area (Å²) < 4.78 is 4.88. The molecular weight excluding hydrogens is 254 g/mol. The number of hydrogen-bond acceptors (Lipinski definition) is 3. The van der Waals surface area contributed by atoms with E-state index in [0.717, 1.165) is 0 Å². The van der Waals surface area contributed by atoms with Gasteiger partial charge in [-0.15, -0.1) is 0 Å². The first kappa shape index (κ1) is 14.3. The van der Waals surface area contributed by atoms with Gasteiger partial charge in [0.15, 0.2) is 6.10 Å². The van der Waals surface area contributed by atoms with Crippen molar-refractivity contribution in [3.05, 3.63) is 41.4 Å². The predicted molar refractivity (Wildman–Crippen MR) is 70.4 cm³/mol. The molecule has 1 aromatic rings. The Labute approximate surface area is 111 Å². The van der Waals surface area contributed by atoms with E-state index < -0.39 is 18.0 Å². The molecule has 1 aromatic carbocycles. The molecule has 1 atom stereocenters. The smallest absolute Gasteiger partial charge is 0.331 e. The van der Waals surface area contributed by atoms with Gasteiger partial charge in [-0.1, -0.05) is 17.7 Å². The normalized spacial score (nSPS) is 12.2. The van der Waals surface area contributed by atoms with Crippen LogP contribution in [0.25, 0.3) is 0 Å². The second kappa shape index (κ2) is 6.81. The van der Waals surface area contributed by atoms with Gasteiger partial charge in [0, 0.05) is 16.8 Å². The number of benzene rings is 1. The van der Waals surface area contributed by atoms with Crippen LogP contribution >= 0.6 is 11.6 Å². The maximum absolute atomic E-state index is 11.7. The third kappa shape index (κ3) is 4.59. The molecular formula is C13H14ClNO3. The summed E-state index contributed by atoms with van der Waals surface area (Å²) >= 11 is 5.72. The first-order valence-corrected chi connectivity index (χ1v) is 5.80. The van der Waals surface area contributed by atoms with Gasteiger partial charge < -0.3 is 10.1 Å². The summed E-state index contributed by atoms with van der Waals surface area (Å²) in [5.74, 6) is -0.938. The van der Waals surface area contributed by atoms with E-state index in [1.54, 1.807) is 37.3 Å². The molecule has 4 nitrogen and oxygen atoms in total. The molecule has 0 bridgehead atoms. The molecule has 1 N–H and O–H groups in total. The average molecular weight is 268 g/mol. The van der Waals surface area contributed by atoms with E-state index in [9.17, 15) is 9.59 Å². The van der Waals surface area contributed by atoms with Gasteiger partial charge in [0.05, 0.1) is 0 Å². The van der Waals surface area contributed by atoms with E-state index in [0.29, 0.717) is 10.7 Å². The standard InChI is InChI=1S/C13H14ClNO3/c1-3-4-12(16)18-9(2)13(17)15-11-7-5-10(14)6-8-11/h3-9H,1-2H3,(H,15,17)/b4-3+/t9-/m0/s1. The molecule has 0 heterocycles. The molecule has 0 radical (unpaired) electrons. The van der Waals surface area contributed by atoms with Gasteiger partial charge in [0.2, 0.25) is 0 Å². The fraction of sp³-hybridized carbons (Fsp3) is 0.231. The lowest BCUT2D eigenvalue weighted by Gasteiger charge is -2.12. The van der Waals surface area contributed by atoms with E-state index >= 15 is 0 Å². The highest BCUT2D eigenvalue weighted by atomic mass is 35.5. The lowest BCUT2D eigenvalue weighted by atomic mass is 10.3. The Morgan fingerprint density at radius 2 is 1.94 bits per heavy atom. The highest BCUT2D eigenvalue weighted by Gasteiger charge is 2.16. The largest absolute Gasteiger partial charge is 0.449 e. The highest BCUT2D eigenvalue weighted by molar-refractivity contribution is 6.30. The molecule has 0 spiro atoms. The van der Waals surface area contributed by atoms with Crippen molar-refractivity contribution in [2.75, 3.05) is 5.32 Å². The summed E-state index contributed by atoms with van der Waals surface area (Å²) in [6.45, 7) is 3.20. The third-order valence-electron chi connectivity index (χ3n) is 2.08. The number of esters is 1. The fourth-order valence-electron chi connectivity index (χ4n) is 1.18. The fourth-order valence-corrected chi connectivity index (χ4v) is 1.31. The minimum absolute atomic E-state index is 0.393. The van der Waals surface area contributed by atoms with E-state index in [4.69, 9.17) is 16.3 Å². The van der Waals surface area contributed by atoms with Crippen molar-refractivity contribution in [3.8, 4) is 0 Å². The molecule has 0 aromatic heterocycles. The van der Waals surface area contributed by atoms with Gasteiger partial charge in [0.25, 0.3) is 5.91 Å². The van der Waals surface area contributed by atoms with Crippen LogP contribution in [0.1, 0.15) is 13.8 Å². The minimum atomic E-state index is -0.857. The molecule has 1 amide bonds. The molecule has 0 saturated carbocycles. The molecule has 0 unspecified atom stereocenters. The van der Waals surface area contributed by atoms with E-state index in [2.05, 4.69) is 5.32 Å². The van der Waals surface area contributed by atoms with Gasteiger partial charge in [-0.2, -0.15) is 0 Å². The van der Waals surface area contributed by atoms with Gasteiger partial charge in [-0.25, -0.2) is 4.79 Å². The monoisotopic (exact) mass is 267 g/mol. The lowest BCUT2D eigenvalue weighted by molar-refractivity contribution is -0.148. The van der Waals surface area contributed by atoms with Crippen LogP contribution in [0.3, 0.4) is 0 Å². The molecule has 5 heteroatoms. The Balaban J connectivity index is 2.54. The number of nitrogens with one attached hydrogen (secondary N) is 1. The van der Waals surface area contributed by atoms with Gasteiger partial charge in [0.1, 0.15) is 0 Å². The quantitative estimate of drug-likeness (QED) is 0.674. The zero-order chi connectivity index (χ0) is 13.5. The van der Waals surface area contributed by atoms with Crippen molar-refractivity contribution < 1.29 is 14.3 Å². The summed E-state index contributed by atoms with van der Waals surface area (Å²) in [7, 11) is 0. The van der Waals surface area contributed by atoms with E-state index in [1.165, 1.54) is 13.0 Å². The number of amides is 1. The van der Waals surface area contributed by atoms with Crippen LogP contribution < -0.4 is 5.32 Å².